The first kappa shape index (κ1) is 36.2. The predicted octanol–water partition coefficient (Wildman–Crippen LogP) is 8.46. The van der Waals surface area contributed by atoms with E-state index in [9.17, 15) is 0 Å². The van der Waals surface area contributed by atoms with Crippen LogP contribution < -0.4 is 19.7 Å². The van der Waals surface area contributed by atoms with Gasteiger partial charge in [0.2, 0.25) is 0 Å². The maximum absolute atomic E-state index is 5.87. The van der Waals surface area contributed by atoms with Gasteiger partial charge in [0.1, 0.15) is 35.1 Å². The molecule has 2 aliphatic rings. The Morgan fingerprint density at radius 2 is 1.29 bits per heavy atom. The normalized spacial score (nSPS) is 13.1. The van der Waals surface area contributed by atoms with Crippen LogP contribution in [0.4, 0.5) is 5.82 Å². The van der Waals surface area contributed by atoms with Crippen molar-refractivity contribution in [2.75, 3.05) is 32.2 Å². The van der Waals surface area contributed by atoms with Gasteiger partial charge in [0.05, 0.1) is 25.3 Å². The number of anilines is 1. The number of aromatic nitrogens is 4. The van der Waals surface area contributed by atoms with Gasteiger partial charge in [-0.1, -0.05) is 23.7 Å². The van der Waals surface area contributed by atoms with Gasteiger partial charge in [0.25, 0.3) is 0 Å². The van der Waals surface area contributed by atoms with E-state index in [0.29, 0.717) is 5.15 Å². The molecule has 48 heavy (non-hydrogen) atoms. The maximum Gasteiger partial charge on any atom is 0.140 e. The highest BCUT2D eigenvalue weighted by molar-refractivity contribution is 14.1. The van der Waals surface area contributed by atoms with Gasteiger partial charge in [-0.25, -0.2) is 19.9 Å². The number of fused-ring (bicyclic) bond motifs is 4. The van der Waals surface area contributed by atoms with E-state index in [1.807, 2.05) is 30.3 Å². The van der Waals surface area contributed by atoms with Gasteiger partial charge in [0.15, 0.2) is 0 Å². The van der Waals surface area contributed by atoms with Crippen molar-refractivity contribution >= 4 is 96.8 Å². The molecule has 0 unspecified atom stereocenters. The molecule has 4 aromatic carbocycles. The highest BCUT2D eigenvalue weighted by atomic mass is 127. The lowest BCUT2D eigenvalue weighted by molar-refractivity contribution is 0.413. The fourth-order valence-electron chi connectivity index (χ4n) is 5.69. The molecule has 0 saturated heterocycles. The SMILES string of the molecule is COc1ccc2c(c1)CN(c1ncnc3ccc(I)cc13)CC2.COc1ccc2c(c1)CNCC2.Cl.Clc1ncnc2ccc(I)cc12. The Bertz CT molecular complexity index is 2030. The van der Waals surface area contributed by atoms with Gasteiger partial charge >= 0.3 is 0 Å². The van der Waals surface area contributed by atoms with Crippen molar-refractivity contribution in [1.29, 1.82) is 0 Å². The molecule has 0 amide bonds. The average molecular weight is 907 g/mol. The predicted molar refractivity (Wildman–Crippen MR) is 213 cm³/mol. The molecular formula is C36H34Cl2I2N6O2. The zero-order chi connectivity index (χ0) is 32.8. The molecule has 0 aliphatic carbocycles. The number of nitrogens with zero attached hydrogens (tertiary/aromatic N) is 5. The van der Waals surface area contributed by atoms with Gasteiger partial charge in [-0.2, -0.15) is 0 Å². The molecule has 12 heteroatoms. The summed E-state index contributed by atoms with van der Waals surface area (Å²) in [4.78, 5) is 19.3. The fourth-order valence-corrected chi connectivity index (χ4v) is 6.87. The quantitative estimate of drug-likeness (QED) is 0.140. The molecule has 2 aromatic heterocycles. The van der Waals surface area contributed by atoms with Crippen LogP contribution in [0.3, 0.4) is 0 Å². The van der Waals surface area contributed by atoms with E-state index in [0.717, 1.165) is 81.7 Å². The maximum atomic E-state index is 5.87. The molecule has 8 nitrogen and oxygen atoms in total. The molecule has 0 radical (unpaired) electrons. The summed E-state index contributed by atoms with van der Waals surface area (Å²) in [5.74, 6) is 2.88. The Morgan fingerprint density at radius 1 is 0.688 bits per heavy atom. The van der Waals surface area contributed by atoms with Crippen molar-refractivity contribution < 1.29 is 9.47 Å². The van der Waals surface area contributed by atoms with E-state index < -0.39 is 0 Å². The second-order valence-corrected chi connectivity index (χ2v) is 13.9. The van der Waals surface area contributed by atoms with Crippen LogP contribution in [0.2, 0.25) is 5.15 Å². The van der Waals surface area contributed by atoms with Crippen LogP contribution in [0.25, 0.3) is 21.8 Å². The second kappa shape index (κ2) is 17.1. The van der Waals surface area contributed by atoms with Crippen LogP contribution in [-0.2, 0) is 25.9 Å². The lowest BCUT2D eigenvalue weighted by Crippen LogP contribution is -2.31. The van der Waals surface area contributed by atoms with Gasteiger partial charge < -0.3 is 19.7 Å². The molecule has 248 valence electrons. The zero-order valence-corrected chi connectivity index (χ0v) is 32.3. The standard InChI is InChI=1S/C18H16IN3O.C10H13NO.C8H4ClIN2.ClH/c1-23-15-4-2-12-6-7-22(10-13(12)8-15)18-16-9-14(19)3-5-17(16)20-11-21-18;1-12-10-3-2-8-4-5-11-7-9(8)6-10;9-8-6-3-5(10)1-2-7(6)11-4-12-8;/h2-5,8-9,11H,6-7,10H2,1H3;2-3,6,11H,4-5,7H2,1H3;1-4H;1H. The first-order valence-electron chi connectivity index (χ1n) is 15.1. The number of rotatable bonds is 3. The van der Waals surface area contributed by atoms with E-state index >= 15 is 0 Å². The number of hydrogen-bond acceptors (Lipinski definition) is 8. The highest BCUT2D eigenvalue weighted by Gasteiger charge is 2.20. The Labute approximate surface area is 318 Å². The van der Waals surface area contributed by atoms with Crippen LogP contribution in [0.5, 0.6) is 11.5 Å². The molecule has 2 aliphatic heterocycles. The van der Waals surface area contributed by atoms with Crippen molar-refractivity contribution in [3.63, 3.8) is 0 Å². The average Bonchev–Trinajstić information content (AvgIpc) is 3.11. The molecule has 0 bridgehead atoms. The lowest BCUT2D eigenvalue weighted by Gasteiger charge is -2.30. The Kier molecular flexibility index (Phi) is 12.9. The monoisotopic (exact) mass is 906 g/mol. The third-order valence-electron chi connectivity index (χ3n) is 8.15. The highest BCUT2D eigenvalue weighted by Crippen LogP contribution is 2.31. The first-order chi connectivity index (χ1) is 22.9. The molecule has 0 spiro atoms. The van der Waals surface area contributed by atoms with E-state index in [1.165, 1.54) is 32.2 Å². The van der Waals surface area contributed by atoms with Crippen LogP contribution in [0.1, 0.15) is 22.3 Å². The molecule has 6 aromatic rings. The molecule has 8 rings (SSSR count). The summed E-state index contributed by atoms with van der Waals surface area (Å²) < 4.78 is 12.8. The van der Waals surface area contributed by atoms with Crippen LogP contribution >= 0.6 is 69.2 Å². The molecule has 1 N–H and O–H groups in total. The van der Waals surface area contributed by atoms with Crippen LogP contribution in [0, 0.1) is 7.14 Å². The van der Waals surface area contributed by atoms with E-state index in [1.54, 1.807) is 20.5 Å². The zero-order valence-electron chi connectivity index (χ0n) is 26.4. The lowest BCUT2D eigenvalue weighted by atomic mass is 9.99. The van der Waals surface area contributed by atoms with E-state index in [-0.39, 0.29) is 12.4 Å². The molecule has 0 atom stereocenters. The van der Waals surface area contributed by atoms with Gasteiger partial charge in [0, 0.05) is 37.5 Å². The smallest absolute Gasteiger partial charge is 0.140 e. The van der Waals surface area contributed by atoms with E-state index in [4.69, 9.17) is 21.1 Å². The number of hydrogen-bond donors (Lipinski definition) is 1. The Balaban J connectivity index is 0.000000153. The number of methoxy groups -OCH3 is 2. The topological polar surface area (TPSA) is 85.3 Å². The molecule has 0 fully saturated rings. The van der Waals surface area contributed by atoms with Crippen molar-refractivity contribution in [3.05, 3.63) is 120 Å². The minimum Gasteiger partial charge on any atom is -0.497 e. The summed E-state index contributed by atoms with van der Waals surface area (Å²) in [5.41, 5.74) is 7.42. The van der Waals surface area contributed by atoms with Crippen molar-refractivity contribution in [3.8, 4) is 11.5 Å². The Morgan fingerprint density at radius 3 is 1.98 bits per heavy atom. The van der Waals surface area contributed by atoms with Crippen LogP contribution in [0.15, 0.2) is 85.5 Å². The van der Waals surface area contributed by atoms with Gasteiger partial charge in [-0.3, -0.25) is 0 Å². The third kappa shape index (κ3) is 8.75. The minimum absolute atomic E-state index is 0. The molecular weight excluding hydrogens is 873 g/mol. The number of nitrogens with one attached hydrogen (secondary N) is 1. The number of ether oxygens (including phenoxy) is 2. The largest absolute Gasteiger partial charge is 0.497 e. The van der Waals surface area contributed by atoms with E-state index in [2.05, 4.69) is 118 Å². The summed E-state index contributed by atoms with van der Waals surface area (Å²) in [7, 11) is 3.42. The van der Waals surface area contributed by atoms with Gasteiger partial charge in [-0.15, -0.1) is 12.4 Å². The molecule has 4 heterocycles. The molecule has 0 saturated carbocycles. The first-order valence-corrected chi connectivity index (χ1v) is 17.7. The Hall–Kier alpha value is -3.04. The van der Waals surface area contributed by atoms with Gasteiger partial charge in [-0.05, 0) is 147 Å². The summed E-state index contributed by atoms with van der Waals surface area (Å²) in [6.07, 6.45) is 5.29. The van der Waals surface area contributed by atoms with Crippen molar-refractivity contribution in [2.24, 2.45) is 0 Å². The summed E-state index contributed by atoms with van der Waals surface area (Å²) in [6.45, 7) is 3.90. The summed E-state index contributed by atoms with van der Waals surface area (Å²) >= 11 is 10.4. The number of benzene rings is 4. The van der Waals surface area contributed by atoms with Crippen LogP contribution in [-0.4, -0.2) is 47.2 Å². The third-order valence-corrected chi connectivity index (χ3v) is 9.79. The van der Waals surface area contributed by atoms with Crippen molar-refractivity contribution in [1.82, 2.24) is 25.3 Å². The summed E-state index contributed by atoms with van der Waals surface area (Å²) in [5, 5.41) is 5.87. The summed E-state index contributed by atoms with van der Waals surface area (Å²) in [6, 6.07) is 24.8. The minimum atomic E-state index is 0. The fraction of sp³-hybridized carbons (Fsp3) is 0.222. The number of halogens is 4. The van der Waals surface area contributed by atoms with Crippen molar-refractivity contribution in [2.45, 2.75) is 25.9 Å². The second-order valence-electron chi connectivity index (χ2n) is 11.1.